The Kier molecular flexibility index (Phi) is 4.22. The number of hydrogen-bond acceptors (Lipinski definition) is 5. The monoisotopic (exact) mass is 364 g/mol. The van der Waals surface area contributed by atoms with E-state index in [1.54, 1.807) is 10.7 Å². The number of fused-ring (bicyclic) bond motifs is 2. The number of para-hydroxylation sites is 1. The summed E-state index contributed by atoms with van der Waals surface area (Å²) in [6.07, 6.45) is 1.53. The molecule has 130 valence electrons. The summed E-state index contributed by atoms with van der Waals surface area (Å²) in [5.74, 6) is -0.134. The Morgan fingerprint density at radius 1 is 1.23 bits per heavy atom. The van der Waals surface area contributed by atoms with Crippen LogP contribution in [-0.2, 0) is 11.3 Å². The Bertz CT molecular complexity index is 1180. The summed E-state index contributed by atoms with van der Waals surface area (Å²) in [5.41, 5.74) is 2.65. The highest BCUT2D eigenvalue weighted by Crippen LogP contribution is 2.26. The van der Waals surface area contributed by atoms with Gasteiger partial charge in [-0.15, -0.1) is 0 Å². The van der Waals surface area contributed by atoms with Crippen LogP contribution in [0.25, 0.3) is 21.1 Å². The van der Waals surface area contributed by atoms with Crippen LogP contribution in [0.4, 0.5) is 5.13 Å². The lowest BCUT2D eigenvalue weighted by molar-refractivity contribution is -0.116. The minimum absolute atomic E-state index is 0.119. The van der Waals surface area contributed by atoms with Crippen molar-refractivity contribution >= 4 is 43.5 Å². The van der Waals surface area contributed by atoms with E-state index in [0.717, 1.165) is 21.3 Å². The summed E-state index contributed by atoms with van der Waals surface area (Å²) in [7, 11) is 0. The van der Waals surface area contributed by atoms with Crippen molar-refractivity contribution in [1.29, 1.82) is 0 Å². The fourth-order valence-electron chi connectivity index (χ4n) is 2.81. The van der Waals surface area contributed by atoms with Gasteiger partial charge in [0, 0.05) is 11.8 Å². The highest BCUT2D eigenvalue weighted by atomic mass is 32.1. The fourth-order valence-corrected chi connectivity index (χ4v) is 3.79. The van der Waals surface area contributed by atoms with Crippen molar-refractivity contribution < 1.29 is 4.79 Å². The molecule has 1 N–H and O–H groups in total. The van der Waals surface area contributed by atoms with Gasteiger partial charge in [0.15, 0.2) is 5.13 Å². The first kappa shape index (κ1) is 16.4. The zero-order valence-electron chi connectivity index (χ0n) is 14.1. The number of carbonyl (C=O) groups excluding carboxylic acids is 1. The molecule has 0 bridgehead atoms. The number of hydrogen-bond donors (Lipinski definition) is 1. The lowest BCUT2D eigenvalue weighted by Gasteiger charge is -2.08. The maximum absolute atomic E-state index is 12.3. The summed E-state index contributed by atoms with van der Waals surface area (Å²) in [6.45, 7) is 2.41. The number of carbonyl (C=O) groups is 1. The van der Waals surface area contributed by atoms with Crippen LogP contribution in [-0.4, -0.2) is 20.7 Å². The van der Waals surface area contributed by atoms with E-state index in [2.05, 4.69) is 21.5 Å². The van der Waals surface area contributed by atoms with E-state index in [9.17, 15) is 9.59 Å². The summed E-state index contributed by atoms with van der Waals surface area (Å²) in [4.78, 5) is 28.6. The molecule has 0 fully saturated rings. The minimum atomic E-state index is -0.134. The number of thiazole rings is 1. The second-order valence-corrected chi connectivity index (χ2v) is 7.07. The number of amides is 1. The minimum Gasteiger partial charge on any atom is -0.302 e. The van der Waals surface area contributed by atoms with Gasteiger partial charge in [-0.05, 0) is 36.8 Å². The molecule has 2 aromatic heterocycles. The molecular formula is C19H16N4O2S. The molecule has 0 aliphatic heterocycles. The maximum atomic E-state index is 12.3. The average Bonchev–Trinajstić information content (AvgIpc) is 3.02. The third-order valence-corrected chi connectivity index (χ3v) is 5.04. The first-order valence-electron chi connectivity index (χ1n) is 8.22. The van der Waals surface area contributed by atoms with E-state index >= 15 is 0 Å². The molecule has 0 radical (unpaired) electrons. The van der Waals surface area contributed by atoms with Crippen LogP contribution >= 0.6 is 11.3 Å². The second kappa shape index (κ2) is 6.68. The third kappa shape index (κ3) is 3.21. The number of nitrogens with one attached hydrogen (secondary N) is 1. The molecule has 0 saturated carbocycles. The number of anilines is 1. The van der Waals surface area contributed by atoms with Gasteiger partial charge >= 0.3 is 0 Å². The van der Waals surface area contributed by atoms with Gasteiger partial charge in [0.05, 0.1) is 28.5 Å². The Morgan fingerprint density at radius 2 is 2.08 bits per heavy atom. The topological polar surface area (TPSA) is 76.9 Å². The van der Waals surface area contributed by atoms with Crippen molar-refractivity contribution in [3.05, 3.63) is 64.4 Å². The molecule has 7 heteroatoms. The van der Waals surface area contributed by atoms with Crippen LogP contribution in [0.3, 0.4) is 0 Å². The summed E-state index contributed by atoms with van der Waals surface area (Å²) >= 11 is 1.46. The first-order valence-corrected chi connectivity index (χ1v) is 9.04. The number of aryl methyl sites for hydroxylation is 2. The molecule has 0 unspecified atom stereocenters. The lowest BCUT2D eigenvalue weighted by Crippen LogP contribution is -2.17. The quantitative estimate of drug-likeness (QED) is 0.602. The van der Waals surface area contributed by atoms with Gasteiger partial charge in [0.1, 0.15) is 0 Å². The van der Waals surface area contributed by atoms with E-state index < -0.39 is 0 Å². The van der Waals surface area contributed by atoms with Gasteiger partial charge in [-0.1, -0.05) is 29.5 Å². The fraction of sp³-hybridized carbons (Fsp3) is 0.158. The standard InChI is InChI=1S/C19H16N4O2S/c1-12-6-7-14-17(10-12)26-19(21-14)22-18(25)8-9-23-15-5-3-2-4-13(15)16(24)11-20-23/h2-7,10-11H,8-9H2,1H3,(H,21,22,25). The Hall–Kier alpha value is -3.06. The van der Waals surface area contributed by atoms with Gasteiger partial charge in [-0.3, -0.25) is 14.3 Å². The molecular weight excluding hydrogens is 348 g/mol. The molecule has 0 spiro atoms. The molecule has 0 aliphatic carbocycles. The van der Waals surface area contributed by atoms with Crippen LogP contribution in [0.1, 0.15) is 12.0 Å². The predicted molar refractivity (Wildman–Crippen MR) is 104 cm³/mol. The average molecular weight is 364 g/mol. The highest BCUT2D eigenvalue weighted by Gasteiger charge is 2.10. The van der Waals surface area contributed by atoms with Crippen LogP contribution in [0, 0.1) is 6.92 Å². The van der Waals surface area contributed by atoms with Crippen molar-refractivity contribution in [1.82, 2.24) is 14.8 Å². The van der Waals surface area contributed by atoms with Crippen LogP contribution < -0.4 is 10.7 Å². The first-order chi connectivity index (χ1) is 12.6. The molecule has 1 amide bonds. The summed E-state index contributed by atoms with van der Waals surface area (Å²) in [6, 6.07) is 13.3. The number of aromatic nitrogens is 3. The Morgan fingerprint density at radius 3 is 2.96 bits per heavy atom. The maximum Gasteiger partial charge on any atom is 0.228 e. The number of nitrogens with zero attached hydrogens (tertiary/aromatic N) is 3. The van der Waals surface area contributed by atoms with Crippen LogP contribution in [0.5, 0.6) is 0 Å². The zero-order valence-corrected chi connectivity index (χ0v) is 14.9. The largest absolute Gasteiger partial charge is 0.302 e. The second-order valence-electron chi connectivity index (χ2n) is 6.04. The predicted octanol–water partition coefficient (Wildman–Crippen LogP) is 3.34. The van der Waals surface area contributed by atoms with Crippen molar-refractivity contribution in [2.45, 2.75) is 19.9 Å². The molecule has 2 heterocycles. The van der Waals surface area contributed by atoms with Crippen LogP contribution in [0.15, 0.2) is 53.5 Å². The molecule has 4 aromatic rings. The molecule has 2 aromatic carbocycles. The van der Waals surface area contributed by atoms with Crippen molar-refractivity contribution in [2.24, 2.45) is 0 Å². The molecule has 0 aliphatic rings. The van der Waals surface area contributed by atoms with E-state index in [-0.39, 0.29) is 17.8 Å². The summed E-state index contributed by atoms with van der Waals surface area (Å²) < 4.78 is 2.73. The van der Waals surface area contributed by atoms with Gasteiger partial charge in [0.2, 0.25) is 11.3 Å². The lowest BCUT2D eigenvalue weighted by atomic mass is 10.2. The van der Waals surface area contributed by atoms with E-state index in [1.165, 1.54) is 17.5 Å². The van der Waals surface area contributed by atoms with Crippen molar-refractivity contribution in [2.75, 3.05) is 5.32 Å². The SMILES string of the molecule is Cc1ccc2nc(NC(=O)CCn3ncc(=O)c4ccccc43)sc2c1. The van der Waals surface area contributed by atoms with Gasteiger partial charge < -0.3 is 5.32 Å². The molecule has 4 rings (SSSR count). The van der Waals surface area contributed by atoms with Crippen molar-refractivity contribution in [3.63, 3.8) is 0 Å². The highest BCUT2D eigenvalue weighted by molar-refractivity contribution is 7.22. The molecule has 6 nitrogen and oxygen atoms in total. The Balaban J connectivity index is 1.48. The third-order valence-electron chi connectivity index (χ3n) is 4.10. The smallest absolute Gasteiger partial charge is 0.228 e. The van der Waals surface area contributed by atoms with E-state index in [0.29, 0.717) is 17.1 Å². The number of benzene rings is 2. The van der Waals surface area contributed by atoms with E-state index in [4.69, 9.17) is 0 Å². The zero-order chi connectivity index (χ0) is 18.1. The summed E-state index contributed by atoms with van der Waals surface area (Å²) in [5, 5.41) is 8.18. The van der Waals surface area contributed by atoms with Crippen LogP contribution in [0.2, 0.25) is 0 Å². The van der Waals surface area contributed by atoms with E-state index in [1.807, 2.05) is 37.3 Å². The number of rotatable bonds is 4. The normalized spacial score (nSPS) is 11.1. The Labute approximate surface area is 153 Å². The van der Waals surface area contributed by atoms with Crippen molar-refractivity contribution in [3.8, 4) is 0 Å². The molecule has 26 heavy (non-hydrogen) atoms. The molecule has 0 saturated heterocycles. The van der Waals surface area contributed by atoms with Gasteiger partial charge in [-0.25, -0.2) is 4.98 Å². The van der Waals surface area contributed by atoms with Gasteiger partial charge in [-0.2, -0.15) is 5.10 Å². The van der Waals surface area contributed by atoms with Gasteiger partial charge in [0.25, 0.3) is 0 Å². The molecule has 0 atom stereocenters.